The minimum Gasteiger partial charge on any atom is -0.326 e. The zero-order valence-electron chi connectivity index (χ0n) is 9.72. The molecule has 86 valence electrons. The molecule has 2 aromatic rings. The molecule has 0 amide bonds. The summed E-state index contributed by atoms with van der Waals surface area (Å²) in [4.78, 5) is 0. The molecule has 0 aliphatic heterocycles. The number of aromatic nitrogens is 4. The second kappa shape index (κ2) is 4.49. The molecule has 0 atom stereocenters. The van der Waals surface area contributed by atoms with E-state index < -0.39 is 0 Å². The molecule has 0 aliphatic rings. The predicted octanol–water partition coefficient (Wildman–Crippen LogP) is 0.626. The summed E-state index contributed by atoms with van der Waals surface area (Å²) in [6, 6.07) is 0. The first kappa shape index (κ1) is 10.9. The molecule has 5 heteroatoms. The monoisotopic (exact) mass is 219 g/mol. The van der Waals surface area contributed by atoms with Crippen LogP contribution < -0.4 is 5.73 Å². The Bertz CT molecular complexity index is 468. The SMILES string of the molecule is Cc1nn(CCc2cnn(C)c2)cc1CN. The Labute approximate surface area is 94.9 Å². The summed E-state index contributed by atoms with van der Waals surface area (Å²) in [6.45, 7) is 3.41. The van der Waals surface area contributed by atoms with Crippen LogP contribution >= 0.6 is 0 Å². The van der Waals surface area contributed by atoms with E-state index in [1.807, 2.05) is 41.9 Å². The van der Waals surface area contributed by atoms with E-state index in [4.69, 9.17) is 5.73 Å². The van der Waals surface area contributed by atoms with Gasteiger partial charge < -0.3 is 5.73 Å². The Morgan fingerprint density at radius 3 is 2.75 bits per heavy atom. The fraction of sp³-hybridized carbons (Fsp3) is 0.455. The number of aryl methyl sites for hydroxylation is 4. The average Bonchev–Trinajstić information content (AvgIpc) is 2.82. The predicted molar refractivity (Wildman–Crippen MR) is 61.8 cm³/mol. The number of hydrogen-bond donors (Lipinski definition) is 1. The third kappa shape index (κ3) is 2.30. The zero-order valence-corrected chi connectivity index (χ0v) is 9.72. The van der Waals surface area contributed by atoms with E-state index in [9.17, 15) is 0 Å². The van der Waals surface area contributed by atoms with Gasteiger partial charge in [-0.2, -0.15) is 10.2 Å². The molecule has 0 radical (unpaired) electrons. The third-order valence-electron chi connectivity index (χ3n) is 2.66. The highest BCUT2D eigenvalue weighted by atomic mass is 15.3. The summed E-state index contributed by atoms with van der Waals surface area (Å²) in [5.74, 6) is 0. The van der Waals surface area contributed by atoms with Gasteiger partial charge in [0.2, 0.25) is 0 Å². The summed E-state index contributed by atoms with van der Waals surface area (Å²) in [5.41, 5.74) is 8.97. The lowest BCUT2D eigenvalue weighted by atomic mass is 10.2. The first-order chi connectivity index (χ1) is 7.69. The molecule has 5 nitrogen and oxygen atoms in total. The molecule has 2 N–H and O–H groups in total. The van der Waals surface area contributed by atoms with Gasteiger partial charge in [0.1, 0.15) is 0 Å². The van der Waals surface area contributed by atoms with E-state index in [2.05, 4.69) is 10.2 Å². The molecule has 0 spiro atoms. The molecule has 0 aromatic carbocycles. The summed E-state index contributed by atoms with van der Waals surface area (Å²) in [7, 11) is 1.92. The Hall–Kier alpha value is -1.62. The highest BCUT2D eigenvalue weighted by Gasteiger charge is 2.03. The van der Waals surface area contributed by atoms with E-state index in [-0.39, 0.29) is 0 Å². The van der Waals surface area contributed by atoms with Gasteiger partial charge in [0.15, 0.2) is 0 Å². The van der Waals surface area contributed by atoms with E-state index in [0.29, 0.717) is 6.54 Å². The molecular weight excluding hydrogens is 202 g/mol. The fourth-order valence-corrected chi connectivity index (χ4v) is 1.72. The minimum atomic E-state index is 0.554. The highest BCUT2D eigenvalue weighted by molar-refractivity contribution is 5.14. The first-order valence-electron chi connectivity index (χ1n) is 5.39. The van der Waals surface area contributed by atoms with E-state index >= 15 is 0 Å². The lowest BCUT2D eigenvalue weighted by molar-refractivity contribution is 0.609. The summed E-state index contributed by atoms with van der Waals surface area (Å²) in [6.07, 6.45) is 6.88. The molecule has 0 fully saturated rings. The van der Waals surface area contributed by atoms with Crippen LogP contribution in [-0.2, 0) is 26.6 Å². The number of nitrogens with two attached hydrogens (primary N) is 1. The Morgan fingerprint density at radius 2 is 2.19 bits per heavy atom. The van der Waals surface area contributed by atoms with Crippen LogP contribution in [0.1, 0.15) is 16.8 Å². The van der Waals surface area contributed by atoms with Gasteiger partial charge in [0.05, 0.1) is 11.9 Å². The highest BCUT2D eigenvalue weighted by Crippen LogP contribution is 2.06. The van der Waals surface area contributed by atoms with Gasteiger partial charge in [-0.3, -0.25) is 9.36 Å². The van der Waals surface area contributed by atoms with Gasteiger partial charge in [-0.05, 0) is 18.9 Å². The molecule has 0 saturated carbocycles. The smallest absolute Gasteiger partial charge is 0.0638 e. The second-order valence-corrected chi connectivity index (χ2v) is 3.98. The van der Waals surface area contributed by atoms with Crippen LogP contribution in [0.2, 0.25) is 0 Å². The largest absolute Gasteiger partial charge is 0.326 e. The normalized spacial score (nSPS) is 10.9. The van der Waals surface area contributed by atoms with Gasteiger partial charge in [0.25, 0.3) is 0 Å². The molecule has 0 saturated heterocycles. The van der Waals surface area contributed by atoms with Crippen LogP contribution in [-0.4, -0.2) is 19.6 Å². The van der Waals surface area contributed by atoms with E-state index in [1.54, 1.807) is 0 Å². The van der Waals surface area contributed by atoms with Gasteiger partial charge >= 0.3 is 0 Å². The molecule has 0 bridgehead atoms. The molecule has 2 rings (SSSR count). The molecular formula is C11H17N5. The van der Waals surface area contributed by atoms with Crippen molar-refractivity contribution in [2.45, 2.75) is 26.4 Å². The van der Waals surface area contributed by atoms with Crippen molar-refractivity contribution in [2.24, 2.45) is 12.8 Å². The molecule has 2 aromatic heterocycles. The number of nitrogens with zero attached hydrogens (tertiary/aromatic N) is 4. The van der Waals surface area contributed by atoms with Crippen LogP contribution in [0, 0.1) is 6.92 Å². The zero-order chi connectivity index (χ0) is 11.5. The fourth-order valence-electron chi connectivity index (χ4n) is 1.72. The third-order valence-corrected chi connectivity index (χ3v) is 2.66. The van der Waals surface area contributed by atoms with Crippen molar-refractivity contribution in [1.82, 2.24) is 19.6 Å². The van der Waals surface area contributed by atoms with Gasteiger partial charge in [0, 0.05) is 38.1 Å². The van der Waals surface area contributed by atoms with Crippen molar-refractivity contribution in [3.63, 3.8) is 0 Å². The standard InChI is InChI=1S/C11H17N5/c1-9-11(5-12)8-16(14-9)4-3-10-6-13-15(2)7-10/h6-8H,3-5,12H2,1-2H3. The Kier molecular flexibility index (Phi) is 3.05. The van der Waals surface area contributed by atoms with Crippen molar-refractivity contribution in [1.29, 1.82) is 0 Å². The van der Waals surface area contributed by atoms with Crippen molar-refractivity contribution in [3.05, 3.63) is 35.4 Å². The van der Waals surface area contributed by atoms with Gasteiger partial charge in [-0.1, -0.05) is 0 Å². The lowest BCUT2D eigenvalue weighted by Gasteiger charge is -1.98. The first-order valence-corrected chi connectivity index (χ1v) is 5.39. The van der Waals surface area contributed by atoms with E-state index in [1.165, 1.54) is 5.56 Å². The summed E-state index contributed by atoms with van der Waals surface area (Å²) < 4.78 is 3.76. The van der Waals surface area contributed by atoms with Crippen molar-refractivity contribution in [3.8, 4) is 0 Å². The van der Waals surface area contributed by atoms with Gasteiger partial charge in [-0.25, -0.2) is 0 Å². The van der Waals surface area contributed by atoms with E-state index in [0.717, 1.165) is 24.2 Å². The number of hydrogen-bond acceptors (Lipinski definition) is 3. The van der Waals surface area contributed by atoms with Crippen LogP contribution in [0.5, 0.6) is 0 Å². The topological polar surface area (TPSA) is 61.7 Å². The maximum Gasteiger partial charge on any atom is 0.0638 e. The van der Waals surface area contributed by atoms with Crippen molar-refractivity contribution < 1.29 is 0 Å². The maximum absolute atomic E-state index is 5.61. The molecule has 16 heavy (non-hydrogen) atoms. The maximum atomic E-state index is 5.61. The summed E-state index contributed by atoms with van der Waals surface area (Å²) >= 11 is 0. The number of rotatable bonds is 4. The van der Waals surface area contributed by atoms with Crippen LogP contribution in [0.25, 0.3) is 0 Å². The molecule has 0 unspecified atom stereocenters. The van der Waals surface area contributed by atoms with Crippen LogP contribution in [0.3, 0.4) is 0 Å². The summed E-state index contributed by atoms with van der Waals surface area (Å²) in [5, 5.41) is 8.55. The van der Waals surface area contributed by atoms with Crippen LogP contribution in [0.15, 0.2) is 18.6 Å². The Balaban J connectivity index is 1.99. The van der Waals surface area contributed by atoms with Crippen molar-refractivity contribution >= 4 is 0 Å². The lowest BCUT2D eigenvalue weighted by Crippen LogP contribution is -2.01. The van der Waals surface area contributed by atoms with Gasteiger partial charge in [-0.15, -0.1) is 0 Å². The molecule has 2 heterocycles. The van der Waals surface area contributed by atoms with Crippen molar-refractivity contribution in [2.75, 3.05) is 0 Å². The van der Waals surface area contributed by atoms with Crippen LogP contribution in [0.4, 0.5) is 0 Å². The minimum absolute atomic E-state index is 0.554. The molecule has 0 aliphatic carbocycles. The second-order valence-electron chi connectivity index (χ2n) is 3.98. The quantitative estimate of drug-likeness (QED) is 0.820. The average molecular weight is 219 g/mol. The Morgan fingerprint density at radius 1 is 1.38 bits per heavy atom.